The van der Waals surface area contributed by atoms with Crippen molar-refractivity contribution in [2.75, 3.05) is 12.8 Å². The Morgan fingerprint density at radius 1 is 1.04 bits per heavy atom. The minimum absolute atomic E-state index is 0.0744. The van der Waals surface area contributed by atoms with Crippen molar-refractivity contribution in [1.29, 1.82) is 10.5 Å². The minimum atomic E-state index is -0.399. The quantitative estimate of drug-likeness (QED) is 0.523. The van der Waals surface area contributed by atoms with E-state index in [1.54, 1.807) is 37.4 Å². The van der Waals surface area contributed by atoms with Gasteiger partial charge in [-0.05, 0) is 29.8 Å². The van der Waals surface area contributed by atoms with Crippen molar-refractivity contribution < 1.29 is 13.5 Å². The van der Waals surface area contributed by atoms with Crippen LogP contribution < -0.4 is 10.5 Å². The average molecular weight is 357 g/mol. The zero-order chi connectivity index (χ0) is 19.1. The van der Waals surface area contributed by atoms with E-state index in [0.717, 1.165) is 0 Å². The molecule has 2 N–H and O–H groups in total. The number of anilines is 1. The summed E-state index contributed by atoms with van der Waals surface area (Å²) in [7, 11) is 1.54. The molecule has 4 aromatic rings. The number of halogens is 1. The van der Waals surface area contributed by atoms with Crippen molar-refractivity contribution in [2.45, 2.75) is 0 Å². The molecule has 0 aliphatic carbocycles. The molecule has 0 bridgehead atoms. The van der Waals surface area contributed by atoms with Crippen LogP contribution in [-0.4, -0.2) is 7.11 Å². The van der Waals surface area contributed by atoms with Crippen LogP contribution in [0.5, 0.6) is 5.75 Å². The number of nitrogens with two attached hydrogens (primary N) is 1. The molecule has 0 atom stereocenters. The predicted octanol–water partition coefficient (Wildman–Crippen LogP) is 4.73. The molecule has 0 fully saturated rings. The highest BCUT2D eigenvalue weighted by atomic mass is 19.1. The summed E-state index contributed by atoms with van der Waals surface area (Å²) >= 11 is 0. The smallest absolute Gasteiger partial charge is 0.146 e. The highest BCUT2D eigenvalue weighted by Crippen LogP contribution is 2.43. The molecule has 130 valence electrons. The second-order valence-electron chi connectivity index (χ2n) is 5.94. The van der Waals surface area contributed by atoms with Crippen LogP contribution in [-0.2, 0) is 0 Å². The SMILES string of the molecule is COc1ccc2c(c1)oc1c(-c3ccc(F)cc3)c(C#N)c(N)c(C#N)c12. The molecule has 3 aromatic carbocycles. The molecule has 27 heavy (non-hydrogen) atoms. The van der Waals surface area contributed by atoms with Crippen molar-refractivity contribution in [2.24, 2.45) is 0 Å². The topological polar surface area (TPSA) is 96.0 Å². The largest absolute Gasteiger partial charge is 0.497 e. The second kappa shape index (κ2) is 6.05. The van der Waals surface area contributed by atoms with E-state index in [1.165, 1.54) is 12.1 Å². The number of hydrogen-bond acceptors (Lipinski definition) is 5. The Hall–Kier alpha value is -4.03. The van der Waals surface area contributed by atoms with Crippen molar-refractivity contribution >= 4 is 27.6 Å². The first-order valence-electron chi connectivity index (χ1n) is 8.00. The van der Waals surface area contributed by atoms with Gasteiger partial charge in [0.15, 0.2) is 0 Å². The number of rotatable bonds is 2. The molecule has 5 nitrogen and oxygen atoms in total. The average Bonchev–Trinajstić information content (AvgIpc) is 3.06. The first-order valence-corrected chi connectivity index (χ1v) is 8.00. The zero-order valence-electron chi connectivity index (χ0n) is 14.2. The summed E-state index contributed by atoms with van der Waals surface area (Å²) < 4.78 is 24.6. The van der Waals surface area contributed by atoms with E-state index >= 15 is 0 Å². The number of nitriles is 2. The van der Waals surface area contributed by atoms with Crippen LogP contribution in [0.4, 0.5) is 10.1 Å². The van der Waals surface area contributed by atoms with E-state index in [4.69, 9.17) is 14.9 Å². The number of methoxy groups -OCH3 is 1. The fraction of sp³-hybridized carbons (Fsp3) is 0.0476. The summed E-state index contributed by atoms with van der Waals surface area (Å²) in [4.78, 5) is 0. The van der Waals surface area contributed by atoms with Gasteiger partial charge in [-0.25, -0.2) is 4.39 Å². The Bertz CT molecular complexity index is 1290. The van der Waals surface area contributed by atoms with E-state index < -0.39 is 5.82 Å². The lowest BCUT2D eigenvalue weighted by molar-refractivity contribution is 0.414. The molecule has 0 radical (unpaired) electrons. The van der Waals surface area contributed by atoms with Crippen molar-refractivity contribution in [3.63, 3.8) is 0 Å². The first kappa shape index (κ1) is 16.4. The number of hydrogen-bond donors (Lipinski definition) is 1. The standard InChI is InChI=1S/C21H12FN3O2/c1-26-13-6-7-14-17(8-13)27-21-18(11-2-4-12(22)5-3-11)15(9-23)20(25)16(10-24)19(14)21/h2-8H,25H2,1H3. The monoisotopic (exact) mass is 357 g/mol. The fourth-order valence-electron chi connectivity index (χ4n) is 3.26. The minimum Gasteiger partial charge on any atom is -0.497 e. The van der Waals surface area contributed by atoms with Gasteiger partial charge in [-0.15, -0.1) is 0 Å². The third-order valence-electron chi connectivity index (χ3n) is 4.52. The molecular weight excluding hydrogens is 345 g/mol. The van der Waals surface area contributed by atoms with E-state index in [2.05, 4.69) is 12.1 Å². The lowest BCUT2D eigenvalue weighted by Gasteiger charge is -2.10. The molecule has 4 rings (SSSR count). The van der Waals surface area contributed by atoms with Crippen LogP contribution in [0, 0.1) is 28.5 Å². The lowest BCUT2D eigenvalue weighted by atomic mass is 9.92. The van der Waals surface area contributed by atoms with Gasteiger partial charge in [0.1, 0.15) is 34.9 Å². The van der Waals surface area contributed by atoms with E-state index in [0.29, 0.717) is 38.8 Å². The number of fused-ring (bicyclic) bond motifs is 3. The number of benzene rings is 3. The van der Waals surface area contributed by atoms with Gasteiger partial charge in [-0.3, -0.25) is 0 Å². The molecule has 0 amide bonds. The van der Waals surface area contributed by atoms with Gasteiger partial charge in [0, 0.05) is 22.4 Å². The summed E-state index contributed by atoms with van der Waals surface area (Å²) in [5, 5.41) is 20.5. The number of furan rings is 1. The molecule has 6 heteroatoms. The Balaban J connectivity index is 2.24. The summed E-state index contributed by atoms with van der Waals surface area (Å²) in [5.74, 6) is 0.196. The Labute approximate surface area is 153 Å². The predicted molar refractivity (Wildman–Crippen MR) is 99.5 cm³/mol. The van der Waals surface area contributed by atoms with Crippen LogP contribution in [0.1, 0.15) is 11.1 Å². The molecule has 1 heterocycles. The second-order valence-corrected chi connectivity index (χ2v) is 5.94. The third kappa shape index (κ3) is 2.36. The molecule has 1 aromatic heterocycles. The third-order valence-corrected chi connectivity index (χ3v) is 4.52. The van der Waals surface area contributed by atoms with Gasteiger partial charge < -0.3 is 14.9 Å². The van der Waals surface area contributed by atoms with Crippen molar-refractivity contribution in [3.05, 3.63) is 59.4 Å². The van der Waals surface area contributed by atoms with Crippen LogP contribution in [0.3, 0.4) is 0 Å². The Kier molecular flexibility index (Phi) is 3.68. The van der Waals surface area contributed by atoms with Crippen LogP contribution >= 0.6 is 0 Å². The number of nitrogen functional groups attached to an aromatic ring is 1. The van der Waals surface area contributed by atoms with E-state index in [-0.39, 0.29) is 16.8 Å². The van der Waals surface area contributed by atoms with Crippen LogP contribution in [0.2, 0.25) is 0 Å². The Morgan fingerprint density at radius 3 is 2.37 bits per heavy atom. The molecule has 0 saturated heterocycles. The summed E-state index contributed by atoms with van der Waals surface area (Å²) in [6.07, 6.45) is 0. The van der Waals surface area contributed by atoms with Gasteiger partial charge in [0.05, 0.1) is 23.9 Å². The molecule has 0 unspecified atom stereocenters. The fourth-order valence-corrected chi connectivity index (χ4v) is 3.26. The maximum atomic E-state index is 13.4. The molecule has 0 spiro atoms. The van der Waals surface area contributed by atoms with Gasteiger partial charge in [-0.1, -0.05) is 12.1 Å². The maximum absolute atomic E-state index is 13.4. The van der Waals surface area contributed by atoms with Crippen LogP contribution in [0.15, 0.2) is 46.9 Å². The van der Waals surface area contributed by atoms with Gasteiger partial charge in [-0.2, -0.15) is 10.5 Å². The molecule has 0 aliphatic heterocycles. The maximum Gasteiger partial charge on any atom is 0.146 e. The first-order chi connectivity index (χ1) is 13.1. The van der Waals surface area contributed by atoms with Gasteiger partial charge in [0.2, 0.25) is 0 Å². The summed E-state index contributed by atoms with van der Waals surface area (Å²) in [6, 6.07) is 15.1. The molecule has 0 aliphatic rings. The summed E-state index contributed by atoms with van der Waals surface area (Å²) in [6.45, 7) is 0. The van der Waals surface area contributed by atoms with Crippen LogP contribution in [0.25, 0.3) is 33.1 Å². The highest BCUT2D eigenvalue weighted by Gasteiger charge is 2.24. The number of ether oxygens (including phenoxy) is 1. The normalized spacial score (nSPS) is 10.7. The van der Waals surface area contributed by atoms with E-state index in [9.17, 15) is 14.9 Å². The van der Waals surface area contributed by atoms with Gasteiger partial charge in [0.25, 0.3) is 0 Å². The molecular formula is C21H12FN3O2. The Morgan fingerprint density at radius 2 is 1.74 bits per heavy atom. The van der Waals surface area contributed by atoms with E-state index in [1.807, 2.05) is 0 Å². The lowest BCUT2D eigenvalue weighted by Crippen LogP contribution is -1.99. The van der Waals surface area contributed by atoms with Crippen molar-refractivity contribution in [3.8, 4) is 29.0 Å². The summed E-state index contributed by atoms with van der Waals surface area (Å²) in [5.41, 5.74) is 8.38. The molecule has 0 saturated carbocycles. The highest BCUT2D eigenvalue weighted by molar-refractivity contribution is 6.16. The number of nitrogens with zero attached hydrogens (tertiary/aromatic N) is 2. The zero-order valence-corrected chi connectivity index (χ0v) is 14.2. The van der Waals surface area contributed by atoms with Crippen molar-refractivity contribution in [1.82, 2.24) is 0 Å². The van der Waals surface area contributed by atoms with Gasteiger partial charge >= 0.3 is 0 Å².